The third-order valence-corrected chi connectivity index (χ3v) is 5.17. The fourth-order valence-corrected chi connectivity index (χ4v) is 3.43. The molecule has 0 aliphatic heterocycles. The molecule has 26 heavy (non-hydrogen) atoms. The Balaban J connectivity index is 1.63. The molecule has 3 rings (SSSR count). The summed E-state index contributed by atoms with van der Waals surface area (Å²) < 4.78 is 11.7. The van der Waals surface area contributed by atoms with Gasteiger partial charge in [-0.25, -0.2) is 5.43 Å². The highest BCUT2D eigenvalue weighted by atomic mass is 79.9. The summed E-state index contributed by atoms with van der Waals surface area (Å²) in [6.45, 7) is 0. The molecule has 3 aromatic rings. The fraction of sp³-hybridized carbons (Fsp3) is 0.0526. The van der Waals surface area contributed by atoms with Gasteiger partial charge in [-0.15, -0.1) is 0 Å². The molecule has 2 aromatic carbocycles. The first-order chi connectivity index (χ1) is 12.7. The molecule has 0 atom stereocenters. The molecular weight excluding hydrogens is 416 g/mol. The van der Waals surface area contributed by atoms with Crippen molar-refractivity contribution in [3.63, 3.8) is 0 Å². The molecule has 0 radical (unpaired) electrons. The van der Waals surface area contributed by atoms with Crippen molar-refractivity contribution in [1.29, 1.82) is 0 Å². The summed E-state index contributed by atoms with van der Waals surface area (Å²) in [6.07, 6.45) is 1.46. The van der Waals surface area contributed by atoms with Crippen molar-refractivity contribution in [2.24, 2.45) is 5.10 Å². The quantitative estimate of drug-likeness (QED) is 0.443. The molecule has 0 spiro atoms. The number of furan rings is 1. The van der Waals surface area contributed by atoms with E-state index in [2.05, 4.69) is 26.5 Å². The standard InChI is InChI=1S/C19H15BrN2O3S/c1-24-14-7-5-6-13(10-14)18(23)22-21-12-15-11-17(20)19(25-15)26-16-8-3-2-4-9-16/h2-12H,1H3,(H,22,23)/b21-12-. The number of carbonyl (C=O) groups excluding carboxylic acids is 1. The minimum Gasteiger partial charge on any atom is -0.497 e. The van der Waals surface area contributed by atoms with Crippen LogP contribution < -0.4 is 10.2 Å². The van der Waals surface area contributed by atoms with Gasteiger partial charge in [0.25, 0.3) is 5.91 Å². The zero-order chi connectivity index (χ0) is 18.4. The third kappa shape index (κ3) is 4.77. The van der Waals surface area contributed by atoms with Gasteiger partial charge in [-0.2, -0.15) is 5.10 Å². The second-order valence-electron chi connectivity index (χ2n) is 5.13. The molecule has 0 fully saturated rings. The van der Waals surface area contributed by atoms with Gasteiger partial charge in [-0.3, -0.25) is 4.79 Å². The first-order valence-electron chi connectivity index (χ1n) is 7.65. The summed E-state index contributed by atoms with van der Waals surface area (Å²) >= 11 is 4.97. The number of ether oxygens (including phenoxy) is 1. The minimum atomic E-state index is -0.329. The second kappa shape index (κ2) is 8.73. The lowest BCUT2D eigenvalue weighted by Gasteiger charge is -2.02. The van der Waals surface area contributed by atoms with Crippen LogP contribution in [0.2, 0.25) is 0 Å². The number of hydrogen-bond donors (Lipinski definition) is 1. The molecule has 0 bridgehead atoms. The maximum atomic E-state index is 12.1. The second-order valence-corrected chi connectivity index (χ2v) is 7.03. The monoisotopic (exact) mass is 430 g/mol. The molecule has 7 heteroatoms. The first kappa shape index (κ1) is 18.3. The van der Waals surface area contributed by atoms with Crippen LogP contribution in [0.5, 0.6) is 5.75 Å². The van der Waals surface area contributed by atoms with Crippen molar-refractivity contribution >= 4 is 39.8 Å². The van der Waals surface area contributed by atoms with Crippen LogP contribution in [0.3, 0.4) is 0 Å². The number of carbonyl (C=O) groups is 1. The maximum Gasteiger partial charge on any atom is 0.271 e. The lowest BCUT2D eigenvalue weighted by molar-refractivity contribution is 0.0954. The van der Waals surface area contributed by atoms with Gasteiger partial charge in [0, 0.05) is 16.5 Å². The van der Waals surface area contributed by atoms with Gasteiger partial charge in [-0.05, 0) is 46.3 Å². The van der Waals surface area contributed by atoms with E-state index in [9.17, 15) is 4.79 Å². The van der Waals surface area contributed by atoms with Gasteiger partial charge in [0.05, 0.1) is 17.8 Å². The van der Waals surface area contributed by atoms with Crippen LogP contribution in [0.15, 0.2) is 84.6 Å². The molecule has 0 saturated carbocycles. The molecular formula is C19H15BrN2O3S. The predicted octanol–water partition coefficient (Wildman–Crippen LogP) is 4.97. The number of rotatable bonds is 6. The number of amides is 1. The Morgan fingerprint density at radius 3 is 2.77 bits per heavy atom. The zero-order valence-electron chi connectivity index (χ0n) is 13.8. The Labute approximate surface area is 163 Å². The van der Waals surface area contributed by atoms with E-state index >= 15 is 0 Å². The number of hydrazone groups is 1. The molecule has 5 nitrogen and oxygen atoms in total. The molecule has 0 saturated heterocycles. The van der Waals surface area contributed by atoms with Gasteiger partial charge in [0.15, 0.2) is 5.09 Å². The van der Waals surface area contributed by atoms with Crippen molar-refractivity contribution < 1.29 is 13.9 Å². The predicted molar refractivity (Wildman–Crippen MR) is 105 cm³/mol. The van der Waals surface area contributed by atoms with E-state index in [1.165, 1.54) is 18.0 Å². The normalized spacial score (nSPS) is 10.8. The van der Waals surface area contributed by atoms with Crippen LogP contribution in [0, 0.1) is 0 Å². The van der Waals surface area contributed by atoms with E-state index in [-0.39, 0.29) is 5.91 Å². The largest absolute Gasteiger partial charge is 0.497 e. The average molecular weight is 431 g/mol. The van der Waals surface area contributed by atoms with Crippen molar-refractivity contribution in [3.05, 3.63) is 76.5 Å². The van der Waals surface area contributed by atoms with E-state index in [1.54, 1.807) is 37.4 Å². The maximum absolute atomic E-state index is 12.1. The van der Waals surface area contributed by atoms with Crippen molar-refractivity contribution in [2.45, 2.75) is 9.99 Å². The van der Waals surface area contributed by atoms with E-state index in [0.29, 0.717) is 17.1 Å². The fourth-order valence-electron chi connectivity index (χ4n) is 2.08. The number of benzene rings is 2. The Bertz CT molecular complexity index is 926. The van der Waals surface area contributed by atoms with E-state index in [4.69, 9.17) is 9.15 Å². The summed E-state index contributed by atoms with van der Waals surface area (Å²) in [7, 11) is 1.55. The molecule has 0 unspecified atom stereocenters. The number of nitrogens with zero attached hydrogens (tertiary/aromatic N) is 1. The zero-order valence-corrected chi connectivity index (χ0v) is 16.2. The number of hydrogen-bond acceptors (Lipinski definition) is 5. The van der Waals surface area contributed by atoms with Crippen LogP contribution in [0.4, 0.5) is 0 Å². The van der Waals surface area contributed by atoms with Crippen molar-refractivity contribution in [2.75, 3.05) is 7.11 Å². The summed E-state index contributed by atoms with van der Waals surface area (Å²) in [5.41, 5.74) is 2.93. The van der Waals surface area contributed by atoms with Crippen LogP contribution in [0.25, 0.3) is 0 Å². The van der Waals surface area contributed by atoms with E-state index in [1.807, 2.05) is 30.3 Å². The highest BCUT2D eigenvalue weighted by molar-refractivity contribution is 9.10. The summed E-state index contributed by atoms with van der Waals surface area (Å²) in [5, 5.41) is 4.66. The average Bonchev–Trinajstić information content (AvgIpc) is 3.01. The minimum absolute atomic E-state index is 0.329. The van der Waals surface area contributed by atoms with Crippen LogP contribution in [0.1, 0.15) is 16.1 Å². The molecule has 1 N–H and O–H groups in total. The number of nitrogens with one attached hydrogen (secondary N) is 1. The number of halogens is 1. The molecule has 1 aromatic heterocycles. The molecule has 1 amide bonds. The number of methoxy groups -OCH3 is 1. The Kier molecular flexibility index (Phi) is 6.14. The molecule has 0 aliphatic carbocycles. The molecule has 132 valence electrons. The summed E-state index contributed by atoms with van der Waals surface area (Å²) in [6, 6.07) is 18.5. The Morgan fingerprint density at radius 2 is 2.00 bits per heavy atom. The topological polar surface area (TPSA) is 63.8 Å². The van der Waals surface area contributed by atoms with Gasteiger partial charge in [-0.1, -0.05) is 36.0 Å². The van der Waals surface area contributed by atoms with E-state index in [0.717, 1.165) is 14.5 Å². The summed E-state index contributed by atoms with van der Waals surface area (Å²) in [5.74, 6) is 0.810. The Hall–Kier alpha value is -2.51. The van der Waals surface area contributed by atoms with Crippen LogP contribution in [-0.4, -0.2) is 19.2 Å². The van der Waals surface area contributed by atoms with Crippen LogP contribution in [-0.2, 0) is 0 Å². The lowest BCUT2D eigenvalue weighted by Crippen LogP contribution is -2.17. The van der Waals surface area contributed by atoms with Gasteiger partial charge < -0.3 is 9.15 Å². The van der Waals surface area contributed by atoms with Crippen molar-refractivity contribution in [3.8, 4) is 5.75 Å². The lowest BCUT2D eigenvalue weighted by atomic mass is 10.2. The highest BCUT2D eigenvalue weighted by Gasteiger charge is 2.10. The smallest absolute Gasteiger partial charge is 0.271 e. The summed E-state index contributed by atoms with van der Waals surface area (Å²) in [4.78, 5) is 13.2. The van der Waals surface area contributed by atoms with Crippen LogP contribution >= 0.6 is 27.7 Å². The van der Waals surface area contributed by atoms with E-state index < -0.39 is 0 Å². The van der Waals surface area contributed by atoms with Gasteiger partial charge >= 0.3 is 0 Å². The third-order valence-electron chi connectivity index (χ3n) is 3.32. The highest BCUT2D eigenvalue weighted by Crippen LogP contribution is 2.35. The van der Waals surface area contributed by atoms with Gasteiger partial charge in [0.1, 0.15) is 11.5 Å². The molecule has 1 heterocycles. The Morgan fingerprint density at radius 1 is 1.19 bits per heavy atom. The molecule has 0 aliphatic rings. The first-order valence-corrected chi connectivity index (χ1v) is 9.26. The van der Waals surface area contributed by atoms with Crippen molar-refractivity contribution in [1.82, 2.24) is 5.43 Å². The SMILES string of the molecule is COc1cccc(C(=O)N/N=C\c2cc(Br)c(Sc3ccccc3)o2)c1. The van der Waals surface area contributed by atoms with Gasteiger partial charge in [0.2, 0.25) is 0 Å².